The van der Waals surface area contributed by atoms with Gasteiger partial charge in [0.25, 0.3) is 0 Å². The van der Waals surface area contributed by atoms with Crippen LogP contribution in [0, 0.1) is 5.41 Å². The molecule has 0 aliphatic carbocycles. The van der Waals surface area contributed by atoms with Gasteiger partial charge in [0.2, 0.25) is 0 Å². The predicted molar refractivity (Wildman–Crippen MR) is 105 cm³/mol. The topological polar surface area (TPSA) is 26.3 Å². The van der Waals surface area contributed by atoms with Crippen LogP contribution in [0.3, 0.4) is 0 Å². The largest absolute Gasteiger partial charge is 0.465 e. The molecule has 0 aliphatic rings. The SMILES string of the molecule is CCCCCCCCCOC(=O)C(C)(C)CCCCCCCCC. The average Bonchev–Trinajstić information content (AvgIpc) is 2.56. The first kappa shape index (κ1) is 23.5. The fraction of sp³-hybridized carbons (Fsp3) is 0.955. The van der Waals surface area contributed by atoms with Crippen LogP contribution in [-0.4, -0.2) is 12.6 Å². The van der Waals surface area contributed by atoms with Crippen molar-refractivity contribution in [1.82, 2.24) is 0 Å². The van der Waals surface area contributed by atoms with E-state index in [-0.39, 0.29) is 11.4 Å². The molecule has 0 radical (unpaired) electrons. The number of hydrogen-bond acceptors (Lipinski definition) is 2. The highest BCUT2D eigenvalue weighted by molar-refractivity contribution is 5.75. The Morgan fingerprint density at radius 2 is 1.08 bits per heavy atom. The Kier molecular flexibility index (Phi) is 15.6. The zero-order valence-corrected chi connectivity index (χ0v) is 17.1. The fourth-order valence-corrected chi connectivity index (χ4v) is 3.05. The minimum Gasteiger partial charge on any atom is -0.465 e. The van der Waals surface area contributed by atoms with Crippen molar-refractivity contribution in [1.29, 1.82) is 0 Å². The summed E-state index contributed by atoms with van der Waals surface area (Å²) < 4.78 is 5.51. The molecule has 0 aromatic carbocycles. The van der Waals surface area contributed by atoms with E-state index in [1.165, 1.54) is 77.0 Å². The molecule has 0 atom stereocenters. The monoisotopic (exact) mass is 340 g/mol. The number of carbonyl (C=O) groups excluding carboxylic acids is 1. The second-order valence-electron chi connectivity index (χ2n) is 8.01. The van der Waals surface area contributed by atoms with Crippen LogP contribution in [0.1, 0.15) is 124 Å². The molecule has 0 aromatic rings. The van der Waals surface area contributed by atoms with Crippen LogP contribution in [0.15, 0.2) is 0 Å². The van der Waals surface area contributed by atoms with Crippen LogP contribution in [0.4, 0.5) is 0 Å². The molecule has 0 saturated carbocycles. The first-order chi connectivity index (χ1) is 11.5. The minimum atomic E-state index is -0.315. The van der Waals surface area contributed by atoms with Crippen LogP contribution in [0.5, 0.6) is 0 Å². The molecule has 24 heavy (non-hydrogen) atoms. The Bertz CT molecular complexity index is 284. The third-order valence-corrected chi connectivity index (χ3v) is 4.94. The molecule has 0 fully saturated rings. The maximum atomic E-state index is 12.2. The molecular weight excluding hydrogens is 296 g/mol. The predicted octanol–water partition coefficient (Wildman–Crippen LogP) is 7.45. The lowest BCUT2D eigenvalue weighted by Crippen LogP contribution is -2.27. The van der Waals surface area contributed by atoms with Crippen molar-refractivity contribution in [2.45, 2.75) is 124 Å². The summed E-state index contributed by atoms with van der Waals surface area (Å²) in [7, 11) is 0. The lowest BCUT2D eigenvalue weighted by molar-refractivity contribution is -0.154. The van der Waals surface area contributed by atoms with Crippen molar-refractivity contribution in [3.8, 4) is 0 Å². The van der Waals surface area contributed by atoms with Crippen LogP contribution in [0.25, 0.3) is 0 Å². The molecule has 0 amide bonds. The summed E-state index contributed by atoms with van der Waals surface area (Å²) >= 11 is 0. The first-order valence-electron chi connectivity index (χ1n) is 10.7. The fourth-order valence-electron chi connectivity index (χ4n) is 3.05. The molecule has 0 aliphatic heterocycles. The van der Waals surface area contributed by atoms with Crippen molar-refractivity contribution in [3.63, 3.8) is 0 Å². The molecule has 0 unspecified atom stereocenters. The van der Waals surface area contributed by atoms with Gasteiger partial charge >= 0.3 is 5.97 Å². The number of hydrogen-bond donors (Lipinski definition) is 0. The van der Waals surface area contributed by atoms with Gasteiger partial charge in [-0.25, -0.2) is 0 Å². The quantitative estimate of drug-likeness (QED) is 0.203. The smallest absolute Gasteiger partial charge is 0.311 e. The van der Waals surface area contributed by atoms with E-state index in [0.29, 0.717) is 6.61 Å². The van der Waals surface area contributed by atoms with E-state index in [0.717, 1.165) is 19.3 Å². The Morgan fingerprint density at radius 1 is 0.667 bits per heavy atom. The highest BCUT2D eigenvalue weighted by atomic mass is 16.5. The van der Waals surface area contributed by atoms with E-state index in [1.807, 2.05) is 13.8 Å². The maximum Gasteiger partial charge on any atom is 0.311 e. The van der Waals surface area contributed by atoms with E-state index in [1.54, 1.807) is 0 Å². The summed E-state index contributed by atoms with van der Waals surface area (Å²) in [6, 6.07) is 0. The zero-order valence-electron chi connectivity index (χ0n) is 17.1. The molecule has 0 rings (SSSR count). The van der Waals surface area contributed by atoms with Gasteiger partial charge in [-0.05, 0) is 26.7 Å². The maximum absolute atomic E-state index is 12.2. The summed E-state index contributed by atoms with van der Waals surface area (Å²) in [6.07, 6.45) is 18.8. The standard InChI is InChI=1S/C22H44O2/c1-5-7-9-11-13-15-17-19-22(3,4)21(23)24-20-18-16-14-12-10-8-6-2/h5-20H2,1-4H3. The van der Waals surface area contributed by atoms with Crippen LogP contribution < -0.4 is 0 Å². The van der Waals surface area contributed by atoms with Crippen molar-refractivity contribution in [3.05, 3.63) is 0 Å². The summed E-state index contributed by atoms with van der Waals surface area (Å²) in [5, 5.41) is 0. The van der Waals surface area contributed by atoms with Gasteiger partial charge in [-0.3, -0.25) is 4.79 Å². The number of unbranched alkanes of at least 4 members (excludes halogenated alkanes) is 12. The lowest BCUT2D eigenvalue weighted by atomic mass is 9.87. The summed E-state index contributed by atoms with van der Waals surface area (Å²) in [4.78, 5) is 12.2. The van der Waals surface area contributed by atoms with Crippen molar-refractivity contribution in [2.24, 2.45) is 5.41 Å². The van der Waals surface area contributed by atoms with Crippen LogP contribution in [-0.2, 0) is 9.53 Å². The summed E-state index contributed by atoms with van der Waals surface area (Å²) in [5.74, 6) is -0.000494. The summed E-state index contributed by atoms with van der Waals surface area (Å²) in [5.41, 5.74) is -0.315. The average molecular weight is 341 g/mol. The van der Waals surface area contributed by atoms with E-state index in [2.05, 4.69) is 13.8 Å². The molecule has 0 N–H and O–H groups in total. The van der Waals surface area contributed by atoms with Crippen molar-refractivity contribution >= 4 is 5.97 Å². The van der Waals surface area contributed by atoms with E-state index >= 15 is 0 Å². The third-order valence-electron chi connectivity index (χ3n) is 4.94. The second kappa shape index (κ2) is 16.0. The van der Waals surface area contributed by atoms with Crippen LogP contribution >= 0.6 is 0 Å². The van der Waals surface area contributed by atoms with Crippen molar-refractivity contribution in [2.75, 3.05) is 6.61 Å². The molecule has 0 spiro atoms. The van der Waals surface area contributed by atoms with Gasteiger partial charge in [-0.1, -0.05) is 97.3 Å². The highest BCUT2D eigenvalue weighted by Gasteiger charge is 2.28. The zero-order chi connectivity index (χ0) is 18.1. The Labute approximate surface area is 152 Å². The minimum absolute atomic E-state index is 0.000494. The molecule has 0 bridgehead atoms. The highest BCUT2D eigenvalue weighted by Crippen LogP contribution is 2.26. The molecular formula is C22H44O2. The van der Waals surface area contributed by atoms with Gasteiger partial charge < -0.3 is 4.74 Å². The van der Waals surface area contributed by atoms with Gasteiger partial charge in [0, 0.05) is 0 Å². The summed E-state index contributed by atoms with van der Waals surface area (Å²) in [6.45, 7) is 9.18. The first-order valence-corrected chi connectivity index (χ1v) is 10.7. The Hall–Kier alpha value is -0.530. The van der Waals surface area contributed by atoms with E-state index in [9.17, 15) is 4.79 Å². The van der Waals surface area contributed by atoms with Gasteiger partial charge in [-0.15, -0.1) is 0 Å². The van der Waals surface area contributed by atoms with E-state index < -0.39 is 0 Å². The Morgan fingerprint density at radius 3 is 1.58 bits per heavy atom. The molecule has 0 heterocycles. The third kappa shape index (κ3) is 13.9. The molecule has 2 nitrogen and oxygen atoms in total. The van der Waals surface area contributed by atoms with Gasteiger partial charge in [-0.2, -0.15) is 0 Å². The normalized spacial score (nSPS) is 11.7. The van der Waals surface area contributed by atoms with Gasteiger partial charge in [0.15, 0.2) is 0 Å². The van der Waals surface area contributed by atoms with Gasteiger partial charge in [0.1, 0.15) is 0 Å². The number of rotatable bonds is 17. The molecule has 2 heteroatoms. The lowest BCUT2D eigenvalue weighted by Gasteiger charge is -2.22. The molecule has 0 saturated heterocycles. The number of esters is 1. The number of carbonyl (C=O) groups is 1. The van der Waals surface area contributed by atoms with E-state index in [4.69, 9.17) is 4.74 Å². The molecule has 144 valence electrons. The molecule has 0 aromatic heterocycles. The Balaban J connectivity index is 3.57. The van der Waals surface area contributed by atoms with Crippen molar-refractivity contribution < 1.29 is 9.53 Å². The second-order valence-corrected chi connectivity index (χ2v) is 8.01. The van der Waals surface area contributed by atoms with Gasteiger partial charge in [0.05, 0.1) is 12.0 Å². The number of ether oxygens (including phenoxy) is 1. The van der Waals surface area contributed by atoms with Crippen LogP contribution in [0.2, 0.25) is 0 Å².